The zero-order chi connectivity index (χ0) is 25.0. The highest BCUT2D eigenvalue weighted by molar-refractivity contribution is 5.93. The van der Waals surface area contributed by atoms with Gasteiger partial charge in [0.2, 0.25) is 5.91 Å². The number of hydrogen-bond acceptors (Lipinski definition) is 6. The van der Waals surface area contributed by atoms with Crippen molar-refractivity contribution in [3.63, 3.8) is 0 Å². The molecule has 0 saturated carbocycles. The molecular formula is C24H27F3N2O5. The number of carbonyl (C=O) groups is 2. The van der Waals surface area contributed by atoms with Crippen molar-refractivity contribution in [3.8, 4) is 17.2 Å². The zero-order valence-electron chi connectivity index (χ0n) is 19.2. The summed E-state index contributed by atoms with van der Waals surface area (Å²) in [5, 5.41) is 10.8. The summed E-state index contributed by atoms with van der Waals surface area (Å²) in [7, 11) is 2.81. The van der Waals surface area contributed by atoms with E-state index in [0.29, 0.717) is 17.0 Å². The summed E-state index contributed by atoms with van der Waals surface area (Å²) < 4.78 is 50.4. The number of piperidine rings is 1. The smallest absolute Gasteiger partial charge is 0.393 e. The molecule has 1 saturated heterocycles. The number of alkyl halides is 3. The predicted octanol–water partition coefficient (Wildman–Crippen LogP) is 4.33. The van der Waals surface area contributed by atoms with E-state index in [4.69, 9.17) is 9.47 Å². The number of pyridine rings is 1. The lowest BCUT2D eigenvalue weighted by molar-refractivity contribution is -0.188. The number of carbonyl (C=O) groups excluding carboxylic acids is 2. The minimum Gasteiger partial charge on any atom is -0.507 e. The van der Waals surface area contributed by atoms with E-state index in [0.717, 1.165) is 0 Å². The number of amides is 1. The number of Topliss-reactive ketones (excluding diaryl/α,β-unsaturated/α-hetero) is 1. The molecule has 2 heterocycles. The first-order chi connectivity index (χ1) is 16.0. The molecule has 34 heavy (non-hydrogen) atoms. The van der Waals surface area contributed by atoms with Crippen LogP contribution in [0.1, 0.15) is 53.7 Å². The Bertz CT molecular complexity index is 1040. The van der Waals surface area contributed by atoms with Gasteiger partial charge in [-0.05, 0) is 31.9 Å². The van der Waals surface area contributed by atoms with Gasteiger partial charge in [-0.15, -0.1) is 0 Å². The van der Waals surface area contributed by atoms with Crippen molar-refractivity contribution in [2.75, 3.05) is 27.3 Å². The molecule has 0 spiro atoms. The topological polar surface area (TPSA) is 89.0 Å². The number of nitrogens with zero attached hydrogens (tertiary/aromatic N) is 2. The van der Waals surface area contributed by atoms with Gasteiger partial charge in [-0.25, -0.2) is 0 Å². The number of aromatic hydroxyl groups is 1. The van der Waals surface area contributed by atoms with E-state index in [1.54, 1.807) is 12.1 Å². The van der Waals surface area contributed by atoms with Crippen LogP contribution in [0.2, 0.25) is 0 Å². The molecule has 1 aromatic heterocycles. The molecule has 1 fully saturated rings. The van der Waals surface area contributed by atoms with Gasteiger partial charge in [0.05, 0.1) is 20.1 Å². The van der Waals surface area contributed by atoms with Crippen molar-refractivity contribution in [2.45, 2.75) is 38.3 Å². The third kappa shape index (κ3) is 5.60. The normalized spacial score (nSPS) is 17.2. The first kappa shape index (κ1) is 25.3. The van der Waals surface area contributed by atoms with E-state index >= 15 is 0 Å². The van der Waals surface area contributed by atoms with Crippen LogP contribution >= 0.6 is 0 Å². The largest absolute Gasteiger partial charge is 0.507 e. The van der Waals surface area contributed by atoms with Gasteiger partial charge in [-0.1, -0.05) is 0 Å². The fraction of sp³-hybridized carbons (Fsp3) is 0.458. The van der Waals surface area contributed by atoms with Crippen LogP contribution in [0.25, 0.3) is 0 Å². The first-order valence-corrected chi connectivity index (χ1v) is 10.8. The summed E-state index contributed by atoms with van der Waals surface area (Å²) in [6, 6.07) is 6.01. The number of phenolic OH excluding ortho intramolecular Hbond substituents is 1. The SMILES string of the molecule is COc1cc(O)c(C(CC(=O)N2CCCC(C(F)(F)F)C2)c2ccc(C(C)=O)cn2)c(OC)c1. The van der Waals surface area contributed by atoms with Crippen LogP contribution in [0.3, 0.4) is 0 Å². The van der Waals surface area contributed by atoms with Crippen LogP contribution in [-0.4, -0.2) is 60.2 Å². The lowest BCUT2D eigenvalue weighted by Gasteiger charge is -2.34. The highest BCUT2D eigenvalue weighted by Crippen LogP contribution is 2.43. The van der Waals surface area contributed by atoms with E-state index in [1.165, 1.54) is 44.4 Å². The number of benzene rings is 1. The molecule has 2 unspecified atom stereocenters. The number of phenols is 1. The second kappa shape index (κ2) is 10.3. The van der Waals surface area contributed by atoms with Crippen molar-refractivity contribution in [1.82, 2.24) is 9.88 Å². The molecule has 2 atom stereocenters. The molecule has 10 heteroatoms. The molecule has 0 aliphatic carbocycles. The summed E-state index contributed by atoms with van der Waals surface area (Å²) in [4.78, 5) is 30.4. The van der Waals surface area contributed by atoms with Gasteiger partial charge in [0.1, 0.15) is 17.2 Å². The summed E-state index contributed by atoms with van der Waals surface area (Å²) in [5.41, 5.74) is 0.981. The standard InChI is InChI=1S/C24H27F3N2O5/c1-14(30)15-6-7-19(28-12-15)18(23-20(31)9-17(33-2)10-21(23)34-3)11-22(32)29-8-4-5-16(13-29)24(25,26)27/h6-7,9-10,12,16,18,31H,4-5,8,11,13H2,1-3H3. The van der Waals surface area contributed by atoms with Gasteiger partial charge in [0, 0.05) is 60.6 Å². The number of aromatic nitrogens is 1. The minimum absolute atomic E-state index is 0.0160. The maximum atomic E-state index is 13.3. The minimum atomic E-state index is -4.38. The van der Waals surface area contributed by atoms with Gasteiger partial charge >= 0.3 is 6.18 Å². The van der Waals surface area contributed by atoms with Gasteiger partial charge in [-0.3, -0.25) is 14.6 Å². The van der Waals surface area contributed by atoms with Gasteiger partial charge in [-0.2, -0.15) is 13.2 Å². The van der Waals surface area contributed by atoms with Crippen LogP contribution < -0.4 is 9.47 Å². The summed E-state index contributed by atoms with van der Waals surface area (Å²) >= 11 is 0. The average molecular weight is 480 g/mol. The van der Waals surface area contributed by atoms with Crippen LogP contribution in [0.15, 0.2) is 30.5 Å². The highest BCUT2D eigenvalue weighted by Gasteiger charge is 2.43. The number of ether oxygens (including phenoxy) is 2. The molecule has 1 aliphatic heterocycles. The molecule has 7 nitrogen and oxygen atoms in total. The molecule has 184 valence electrons. The van der Waals surface area contributed by atoms with Crippen LogP contribution in [0.4, 0.5) is 13.2 Å². The average Bonchev–Trinajstić information content (AvgIpc) is 2.81. The van der Waals surface area contributed by atoms with Crippen molar-refractivity contribution in [2.24, 2.45) is 5.92 Å². The van der Waals surface area contributed by atoms with Crippen molar-refractivity contribution >= 4 is 11.7 Å². The molecule has 0 bridgehead atoms. The first-order valence-electron chi connectivity index (χ1n) is 10.8. The highest BCUT2D eigenvalue weighted by atomic mass is 19.4. The lowest BCUT2D eigenvalue weighted by Crippen LogP contribution is -2.45. The Balaban J connectivity index is 1.99. The molecular weight excluding hydrogens is 453 g/mol. The number of hydrogen-bond donors (Lipinski definition) is 1. The maximum absolute atomic E-state index is 13.3. The monoisotopic (exact) mass is 480 g/mol. The van der Waals surface area contributed by atoms with E-state index < -0.39 is 30.5 Å². The third-order valence-corrected chi connectivity index (χ3v) is 6.06. The number of methoxy groups -OCH3 is 2. The van der Waals surface area contributed by atoms with Gasteiger partial charge < -0.3 is 19.5 Å². The Labute approximate surface area is 195 Å². The second-order valence-corrected chi connectivity index (χ2v) is 8.27. The zero-order valence-corrected chi connectivity index (χ0v) is 19.2. The summed E-state index contributed by atoms with van der Waals surface area (Å²) in [6.45, 7) is 1.21. The quantitative estimate of drug-likeness (QED) is 0.594. The maximum Gasteiger partial charge on any atom is 0.393 e. The predicted molar refractivity (Wildman–Crippen MR) is 117 cm³/mol. The number of likely N-dealkylation sites (tertiary alicyclic amines) is 1. The van der Waals surface area contributed by atoms with Crippen molar-refractivity contribution in [1.29, 1.82) is 0 Å². The van der Waals surface area contributed by atoms with E-state index in [9.17, 15) is 27.9 Å². The molecule has 1 aliphatic rings. The Hall–Kier alpha value is -3.30. The van der Waals surface area contributed by atoms with Gasteiger partial charge in [0.25, 0.3) is 0 Å². The molecule has 0 radical (unpaired) electrons. The fourth-order valence-corrected chi connectivity index (χ4v) is 4.17. The summed E-state index contributed by atoms with van der Waals surface area (Å²) in [6.07, 6.45) is -3.02. The molecule has 3 rings (SSSR count). The van der Waals surface area contributed by atoms with Crippen LogP contribution in [-0.2, 0) is 4.79 Å². The lowest BCUT2D eigenvalue weighted by atomic mass is 9.88. The number of ketones is 1. The van der Waals surface area contributed by atoms with E-state index in [1.807, 2.05) is 0 Å². The molecule has 1 aromatic carbocycles. The Morgan fingerprint density at radius 1 is 1.24 bits per heavy atom. The Kier molecular flexibility index (Phi) is 7.68. The third-order valence-electron chi connectivity index (χ3n) is 6.06. The van der Waals surface area contributed by atoms with E-state index in [-0.39, 0.29) is 48.7 Å². The van der Waals surface area contributed by atoms with Crippen LogP contribution in [0, 0.1) is 5.92 Å². The molecule has 1 N–H and O–H groups in total. The Morgan fingerprint density at radius 3 is 2.53 bits per heavy atom. The Morgan fingerprint density at radius 2 is 1.97 bits per heavy atom. The van der Waals surface area contributed by atoms with Crippen molar-refractivity contribution < 1.29 is 37.3 Å². The van der Waals surface area contributed by atoms with Crippen LogP contribution in [0.5, 0.6) is 17.2 Å². The number of halogens is 3. The molecule has 1 amide bonds. The van der Waals surface area contributed by atoms with Crippen molar-refractivity contribution in [3.05, 3.63) is 47.3 Å². The van der Waals surface area contributed by atoms with Gasteiger partial charge in [0.15, 0.2) is 5.78 Å². The molecule has 2 aromatic rings. The number of rotatable bonds is 7. The summed E-state index contributed by atoms with van der Waals surface area (Å²) in [5.74, 6) is -2.73. The fourth-order valence-electron chi connectivity index (χ4n) is 4.17. The second-order valence-electron chi connectivity index (χ2n) is 8.27. The van der Waals surface area contributed by atoms with E-state index in [2.05, 4.69) is 4.98 Å².